The van der Waals surface area contributed by atoms with Gasteiger partial charge < -0.3 is 10.4 Å². The Hall–Kier alpha value is -2.05. The first-order chi connectivity index (χ1) is 12.3. The number of amides is 1. The molecule has 1 aliphatic rings. The Bertz CT molecular complexity index is 846. The smallest absolute Gasteiger partial charge is 0.262 e. The van der Waals surface area contributed by atoms with Crippen LogP contribution in [-0.2, 0) is 17.0 Å². The van der Waals surface area contributed by atoms with E-state index in [-0.39, 0.29) is 36.1 Å². The molecule has 138 valence electrons. The van der Waals surface area contributed by atoms with Crippen LogP contribution >= 0.6 is 11.6 Å². The number of aliphatic hydroxyl groups is 1. The Balaban J connectivity index is 1.85. The number of aliphatic hydroxyl groups excluding tert-OH is 1. The van der Waals surface area contributed by atoms with Gasteiger partial charge in [-0.1, -0.05) is 17.7 Å². The number of benzene rings is 1. The summed E-state index contributed by atoms with van der Waals surface area (Å²) in [5, 5.41) is 12.2. The summed E-state index contributed by atoms with van der Waals surface area (Å²) in [6.45, 7) is 1.61. The van der Waals surface area contributed by atoms with Gasteiger partial charge in [0.25, 0.3) is 5.91 Å². The highest BCUT2D eigenvalue weighted by Crippen LogP contribution is 2.43. The molecule has 26 heavy (non-hydrogen) atoms. The molecule has 1 aromatic heterocycles. The molecule has 0 unspecified atom stereocenters. The number of halogens is 3. The van der Waals surface area contributed by atoms with Crippen LogP contribution < -0.4 is 5.32 Å². The molecule has 0 aliphatic heterocycles. The van der Waals surface area contributed by atoms with E-state index in [1.807, 2.05) is 0 Å². The maximum absolute atomic E-state index is 15.7. The average molecular weight is 381 g/mol. The lowest BCUT2D eigenvalue weighted by atomic mass is 9.76. The van der Waals surface area contributed by atoms with Crippen molar-refractivity contribution in [3.63, 3.8) is 0 Å². The number of hydrogen-bond donors (Lipinski definition) is 2. The number of aromatic nitrogens is 1. The van der Waals surface area contributed by atoms with Crippen LogP contribution in [-0.4, -0.2) is 22.6 Å². The van der Waals surface area contributed by atoms with Gasteiger partial charge in [0.05, 0.1) is 12.3 Å². The van der Waals surface area contributed by atoms with Crippen molar-refractivity contribution in [2.75, 3.05) is 6.61 Å². The molecule has 1 amide bonds. The third-order valence-corrected chi connectivity index (χ3v) is 5.09. The van der Waals surface area contributed by atoms with Crippen LogP contribution in [0.25, 0.3) is 0 Å². The topological polar surface area (TPSA) is 62.2 Å². The molecule has 7 heteroatoms. The van der Waals surface area contributed by atoms with Gasteiger partial charge in [0.1, 0.15) is 5.82 Å². The van der Waals surface area contributed by atoms with Gasteiger partial charge in [-0.3, -0.25) is 9.78 Å². The number of alkyl halides is 1. The Morgan fingerprint density at radius 2 is 2.23 bits per heavy atom. The van der Waals surface area contributed by atoms with E-state index in [0.29, 0.717) is 17.7 Å². The van der Waals surface area contributed by atoms with Crippen molar-refractivity contribution in [1.29, 1.82) is 0 Å². The monoisotopic (exact) mass is 380 g/mol. The van der Waals surface area contributed by atoms with Crippen molar-refractivity contribution in [1.82, 2.24) is 10.3 Å². The number of pyridine rings is 1. The predicted octanol–water partition coefficient (Wildman–Crippen LogP) is 3.53. The zero-order chi connectivity index (χ0) is 18.9. The zero-order valence-corrected chi connectivity index (χ0v) is 15.0. The summed E-state index contributed by atoms with van der Waals surface area (Å²) in [7, 11) is 0. The standard InChI is InChI=1S/C19H19ClF2N2O2/c1-11-6-15-17(23-8-11)13(10-25)4-5-19(15,22)18(26)24-9-12-2-3-14(21)7-16(12)20/h2-3,6-8,13,25H,4-5,9-10H2,1H3,(H,24,26)/t13-,19-/m0/s1. The number of carbonyl (C=O) groups is 1. The van der Waals surface area contributed by atoms with E-state index < -0.39 is 17.4 Å². The Labute approximate surface area is 155 Å². The third kappa shape index (κ3) is 3.44. The second-order valence-corrected chi connectivity index (χ2v) is 6.99. The predicted molar refractivity (Wildman–Crippen MR) is 94.1 cm³/mol. The number of fused-ring (bicyclic) bond motifs is 1. The van der Waals surface area contributed by atoms with Gasteiger partial charge in [0.15, 0.2) is 0 Å². The Morgan fingerprint density at radius 1 is 1.46 bits per heavy atom. The summed E-state index contributed by atoms with van der Waals surface area (Å²) in [4.78, 5) is 16.9. The average Bonchev–Trinajstić information content (AvgIpc) is 2.61. The van der Waals surface area contributed by atoms with Gasteiger partial charge in [-0.15, -0.1) is 0 Å². The fourth-order valence-electron chi connectivity index (χ4n) is 3.26. The van der Waals surface area contributed by atoms with Crippen LogP contribution in [0.2, 0.25) is 5.02 Å². The second-order valence-electron chi connectivity index (χ2n) is 6.58. The molecule has 0 saturated carbocycles. The van der Waals surface area contributed by atoms with E-state index in [4.69, 9.17) is 11.6 Å². The normalized spacial score (nSPS) is 22.0. The maximum Gasteiger partial charge on any atom is 0.262 e. The van der Waals surface area contributed by atoms with Gasteiger partial charge in [-0.25, -0.2) is 8.78 Å². The molecule has 0 fully saturated rings. The van der Waals surface area contributed by atoms with E-state index in [1.165, 1.54) is 12.1 Å². The number of carbonyl (C=O) groups excluding carboxylic acids is 1. The first-order valence-corrected chi connectivity index (χ1v) is 8.72. The fraction of sp³-hybridized carbons (Fsp3) is 0.368. The van der Waals surface area contributed by atoms with Crippen molar-refractivity contribution in [3.05, 3.63) is 63.7 Å². The van der Waals surface area contributed by atoms with Gasteiger partial charge in [0.2, 0.25) is 5.67 Å². The van der Waals surface area contributed by atoms with E-state index >= 15 is 4.39 Å². The highest BCUT2D eigenvalue weighted by Gasteiger charge is 2.47. The van der Waals surface area contributed by atoms with Crippen LogP contribution in [0.4, 0.5) is 8.78 Å². The molecule has 0 saturated heterocycles. The van der Waals surface area contributed by atoms with Crippen molar-refractivity contribution in [2.45, 2.75) is 37.9 Å². The lowest BCUT2D eigenvalue weighted by molar-refractivity contribution is -0.135. The molecular weight excluding hydrogens is 362 g/mol. The van der Waals surface area contributed by atoms with Crippen molar-refractivity contribution >= 4 is 17.5 Å². The summed E-state index contributed by atoms with van der Waals surface area (Å²) < 4.78 is 28.8. The van der Waals surface area contributed by atoms with Crippen LogP contribution in [0.5, 0.6) is 0 Å². The van der Waals surface area contributed by atoms with E-state index in [9.17, 15) is 14.3 Å². The molecule has 0 radical (unpaired) electrons. The van der Waals surface area contributed by atoms with Crippen LogP contribution in [0, 0.1) is 12.7 Å². The first kappa shape index (κ1) is 18.7. The number of nitrogens with one attached hydrogen (secondary N) is 1. The van der Waals surface area contributed by atoms with E-state index in [2.05, 4.69) is 10.3 Å². The quantitative estimate of drug-likeness (QED) is 0.853. The molecule has 0 bridgehead atoms. The molecule has 4 nitrogen and oxygen atoms in total. The summed E-state index contributed by atoms with van der Waals surface area (Å²) in [6.07, 6.45) is 1.88. The molecule has 2 aromatic rings. The number of rotatable bonds is 4. The summed E-state index contributed by atoms with van der Waals surface area (Å²) >= 11 is 5.95. The van der Waals surface area contributed by atoms with E-state index in [0.717, 1.165) is 11.6 Å². The fourth-order valence-corrected chi connectivity index (χ4v) is 3.50. The Kier molecular flexibility index (Phi) is 5.25. The zero-order valence-electron chi connectivity index (χ0n) is 14.2. The summed E-state index contributed by atoms with van der Waals surface area (Å²) in [5.74, 6) is -1.55. The third-order valence-electron chi connectivity index (χ3n) is 4.74. The Morgan fingerprint density at radius 3 is 2.92 bits per heavy atom. The van der Waals surface area contributed by atoms with Crippen LogP contribution in [0.15, 0.2) is 30.5 Å². The first-order valence-electron chi connectivity index (χ1n) is 8.34. The number of hydrogen-bond acceptors (Lipinski definition) is 3. The van der Waals surface area contributed by atoms with Crippen LogP contribution in [0.1, 0.15) is 41.1 Å². The minimum absolute atomic E-state index is 0.0123. The van der Waals surface area contributed by atoms with Crippen molar-refractivity contribution in [2.24, 2.45) is 0 Å². The van der Waals surface area contributed by atoms with Gasteiger partial charge >= 0.3 is 0 Å². The van der Waals surface area contributed by atoms with Crippen molar-refractivity contribution in [3.8, 4) is 0 Å². The maximum atomic E-state index is 15.7. The second kappa shape index (κ2) is 7.29. The lowest BCUT2D eigenvalue weighted by Crippen LogP contribution is -2.44. The summed E-state index contributed by atoms with van der Waals surface area (Å²) in [6, 6.07) is 5.43. The molecule has 1 aliphatic carbocycles. The highest BCUT2D eigenvalue weighted by molar-refractivity contribution is 6.31. The van der Waals surface area contributed by atoms with Gasteiger partial charge in [0, 0.05) is 29.2 Å². The molecule has 2 atom stereocenters. The van der Waals surface area contributed by atoms with Gasteiger partial charge in [-0.05, 0) is 49.1 Å². The number of aryl methyl sites for hydroxylation is 1. The molecular formula is C19H19ClF2N2O2. The molecule has 0 spiro atoms. The molecule has 3 rings (SSSR count). The molecule has 2 N–H and O–H groups in total. The van der Waals surface area contributed by atoms with Crippen LogP contribution in [0.3, 0.4) is 0 Å². The van der Waals surface area contributed by atoms with E-state index in [1.54, 1.807) is 19.2 Å². The number of nitrogens with zero attached hydrogens (tertiary/aromatic N) is 1. The molecule has 1 heterocycles. The SMILES string of the molecule is Cc1cnc2c(c1)[C@](F)(C(=O)NCc1ccc(F)cc1Cl)CC[C@H]2CO. The minimum Gasteiger partial charge on any atom is -0.396 e. The summed E-state index contributed by atoms with van der Waals surface area (Å²) in [5.41, 5.74) is -0.380. The van der Waals surface area contributed by atoms with Crippen molar-refractivity contribution < 1.29 is 18.7 Å². The lowest BCUT2D eigenvalue weighted by Gasteiger charge is -2.34. The molecule has 1 aromatic carbocycles. The van der Waals surface area contributed by atoms with Gasteiger partial charge in [-0.2, -0.15) is 0 Å². The largest absolute Gasteiger partial charge is 0.396 e. The minimum atomic E-state index is -2.23. The highest BCUT2D eigenvalue weighted by atomic mass is 35.5.